The first-order valence-corrected chi connectivity index (χ1v) is 10.2. The van der Waals surface area contributed by atoms with Crippen LogP contribution in [0.5, 0.6) is 0 Å². The van der Waals surface area contributed by atoms with Gasteiger partial charge in [0.05, 0.1) is 17.5 Å². The minimum atomic E-state index is -3.48. The van der Waals surface area contributed by atoms with Crippen molar-refractivity contribution in [2.75, 3.05) is 19.6 Å². The van der Waals surface area contributed by atoms with E-state index in [1.54, 1.807) is 12.1 Å². The van der Waals surface area contributed by atoms with Crippen molar-refractivity contribution >= 4 is 15.9 Å². The largest absolute Gasteiger partial charge is 0.351 e. The van der Waals surface area contributed by atoms with Crippen molar-refractivity contribution in [2.45, 2.75) is 49.1 Å². The van der Waals surface area contributed by atoms with Gasteiger partial charge < -0.3 is 5.32 Å². The van der Waals surface area contributed by atoms with Crippen LogP contribution in [0.3, 0.4) is 0 Å². The predicted octanol–water partition coefficient (Wildman–Crippen LogP) is 1.47. The molecule has 26 heavy (non-hydrogen) atoms. The van der Waals surface area contributed by atoms with Gasteiger partial charge in [-0.3, -0.25) is 10.1 Å². The number of hydrogen-bond acceptors (Lipinski definition) is 4. The van der Waals surface area contributed by atoms with Crippen LogP contribution in [0.2, 0.25) is 0 Å². The first kappa shape index (κ1) is 19.2. The van der Waals surface area contributed by atoms with E-state index in [1.165, 1.54) is 16.4 Å². The summed E-state index contributed by atoms with van der Waals surface area (Å²) in [6, 6.07) is 5.41. The van der Waals surface area contributed by atoms with Crippen LogP contribution in [0.25, 0.3) is 0 Å². The van der Waals surface area contributed by atoms with Gasteiger partial charge in [0.2, 0.25) is 15.9 Å². The number of rotatable bonds is 5. The highest BCUT2D eigenvalue weighted by Crippen LogP contribution is 2.25. The van der Waals surface area contributed by atoms with E-state index in [2.05, 4.69) is 10.6 Å². The molecular weight excluding hydrogens is 364 g/mol. The Hall–Kier alpha value is -1.58. The number of alkyl halides is 2. The Morgan fingerprint density at radius 3 is 2.42 bits per heavy atom. The zero-order valence-electron chi connectivity index (χ0n) is 14.4. The van der Waals surface area contributed by atoms with Gasteiger partial charge >= 0.3 is 0 Å². The molecule has 0 saturated carbocycles. The summed E-state index contributed by atoms with van der Waals surface area (Å²) in [6.45, 7) is 0.749. The summed E-state index contributed by atoms with van der Waals surface area (Å²) >= 11 is 0. The minimum Gasteiger partial charge on any atom is -0.351 e. The monoisotopic (exact) mass is 387 g/mol. The van der Waals surface area contributed by atoms with Gasteiger partial charge in [-0.05, 0) is 30.5 Å². The average Bonchev–Trinajstić information content (AvgIpc) is 3.01. The maximum atomic E-state index is 13.1. The Kier molecular flexibility index (Phi) is 5.59. The molecule has 1 unspecified atom stereocenters. The van der Waals surface area contributed by atoms with Crippen LogP contribution in [0.4, 0.5) is 8.78 Å². The topological polar surface area (TPSA) is 78.5 Å². The Morgan fingerprint density at radius 1 is 1.19 bits per heavy atom. The standard InChI is InChI=1S/C17H23F2N3O3S/c18-17(19)10-15(21-12-17)16(23)20-11-13-4-6-14(7-5-13)26(24,25)22-8-2-1-3-9-22/h4-7,15,21H,1-3,8-12H2,(H,20,23). The Labute approximate surface area is 152 Å². The maximum Gasteiger partial charge on any atom is 0.262 e. The van der Waals surface area contributed by atoms with Crippen LogP contribution in [0, 0.1) is 0 Å². The van der Waals surface area contributed by atoms with Crippen LogP contribution in [-0.2, 0) is 21.4 Å². The molecule has 2 aliphatic rings. The Morgan fingerprint density at radius 2 is 1.85 bits per heavy atom. The minimum absolute atomic E-state index is 0.159. The van der Waals surface area contributed by atoms with Gasteiger partial charge in [-0.2, -0.15) is 4.31 Å². The normalized spacial score (nSPS) is 23.7. The molecule has 0 aromatic heterocycles. The van der Waals surface area contributed by atoms with Crippen molar-refractivity contribution < 1.29 is 22.0 Å². The van der Waals surface area contributed by atoms with Gasteiger partial charge in [-0.25, -0.2) is 17.2 Å². The Balaban J connectivity index is 1.57. The molecule has 1 amide bonds. The second-order valence-corrected chi connectivity index (χ2v) is 8.76. The summed E-state index contributed by atoms with van der Waals surface area (Å²) in [7, 11) is -3.48. The molecule has 0 bridgehead atoms. The van der Waals surface area contributed by atoms with Gasteiger partial charge in [0.25, 0.3) is 5.92 Å². The molecule has 2 aliphatic heterocycles. The van der Waals surface area contributed by atoms with Gasteiger partial charge in [-0.15, -0.1) is 0 Å². The third-order valence-corrected chi connectivity index (χ3v) is 6.68. The van der Waals surface area contributed by atoms with Crippen molar-refractivity contribution in [3.05, 3.63) is 29.8 Å². The van der Waals surface area contributed by atoms with Gasteiger partial charge in [0, 0.05) is 26.1 Å². The number of sulfonamides is 1. The number of nitrogens with one attached hydrogen (secondary N) is 2. The number of benzene rings is 1. The molecule has 0 radical (unpaired) electrons. The lowest BCUT2D eigenvalue weighted by Gasteiger charge is -2.25. The lowest BCUT2D eigenvalue weighted by Crippen LogP contribution is -2.40. The maximum absolute atomic E-state index is 13.1. The lowest BCUT2D eigenvalue weighted by molar-refractivity contribution is -0.123. The van der Waals surface area contributed by atoms with E-state index < -0.39 is 40.9 Å². The molecular formula is C17H23F2N3O3S. The molecule has 9 heteroatoms. The highest BCUT2D eigenvalue weighted by Gasteiger charge is 2.42. The molecule has 3 rings (SSSR count). The van der Waals surface area contributed by atoms with Crippen molar-refractivity contribution in [3.8, 4) is 0 Å². The third kappa shape index (κ3) is 4.39. The number of carbonyl (C=O) groups is 1. The summed E-state index contributed by atoms with van der Waals surface area (Å²) in [5.41, 5.74) is 0.709. The van der Waals surface area contributed by atoms with E-state index >= 15 is 0 Å². The summed E-state index contributed by atoms with van der Waals surface area (Å²) in [5, 5.41) is 5.11. The molecule has 144 valence electrons. The quantitative estimate of drug-likeness (QED) is 0.802. The second-order valence-electron chi connectivity index (χ2n) is 6.82. The fraction of sp³-hybridized carbons (Fsp3) is 0.588. The SMILES string of the molecule is O=C(NCc1ccc(S(=O)(=O)N2CCCCC2)cc1)C1CC(F)(F)CN1. The summed E-state index contributed by atoms with van der Waals surface area (Å²) in [4.78, 5) is 12.2. The number of piperidine rings is 1. The first-order chi connectivity index (χ1) is 12.3. The van der Waals surface area contributed by atoms with Crippen LogP contribution < -0.4 is 10.6 Å². The summed E-state index contributed by atoms with van der Waals surface area (Å²) in [6.07, 6.45) is 2.29. The highest BCUT2D eigenvalue weighted by molar-refractivity contribution is 7.89. The van der Waals surface area contributed by atoms with E-state index in [9.17, 15) is 22.0 Å². The molecule has 1 aromatic rings. The van der Waals surface area contributed by atoms with Crippen LogP contribution in [0.15, 0.2) is 29.2 Å². The molecule has 2 saturated heterocycles. The van der Waals surface area contributed by atoms with E-state index in [0.717, 1.165) is 19.3 Å². The van der Waals surface area contributed by atoms with Crippen LogP contribution in [-0.4, -0.2) is 50.2 Å². The fourth-order valence-corrected chi connectivity index (χ4v) is 4.76. The second kappa shape index (κ2) is 7.58. The molecule has 1 aromatic carbocycles. The van der Waals surface area contributed by atoms with Crippen molar-refractivity contribution in [3.63, 3.8) is 0 Å². The van der Waals surface area contributed by atoms with Crippen LogP contribution >= 0.6 is 0 Å². The van der Waals surface area contributed by atoms with Crippen molar-refractivity contribution in [2.24, 2.45) is 0 Å². The third-order valence-electron chi connectivity index (χ3n) is 4.77. The van der Waals surface area contributed by atoms with E-state index in [1.807, 2.05) is 0 Å². The number of amides is 1. The Bertz CT molecular complexity index is 747. The van der Waals surface area contributed by atoms with E-state index in [4.69, 9.17) is 0 Å². The number of nitrogens with zero attached hydrogens (tertiary/aromatic N) is 1. The average molecular weight is 387 g/mol. The number of hydrogen-bond donors (Lipinski definition) is 2. The predicted molar refractivity (Wildman–Crippen MR) is 92.3 cm³/mol. The molecule has 1 atom stereocenters. The summed E-state index contributed by atoms with van der Waals surface area (Å²) in [5.74, 6) is -3.33. The number of carbonyl (C=O) groups excluding carboxylic acids is 1. The lowest BCUT2D eigenvalue weighted by atomic mass is 10.1. The molecule has 0 aliphatic carbocycles. The van der Waals surface area contributed by atoms with Gasteiger partial charge in [0.1, 0.15) is 0 Å². The van der Waals surface area contributed by atoms with Crippen molar-refractivity contribution in [1.29, 1.82) is 0 Å². The summed E-state index contributed by atoms with van der Waals surface area (Å²) < 4.78 is 52.9. The first-order valence-electron chi connectivity index (χ1n) is 8.76. The highest BCUT2D eigenvalue weighted by atomic mass is 32.2. The molecule has 2 fully saturated rings. The molecule has 2 N–H and O–H groups in total. The smallest absolute Gasteiger partial charge is 0.262 e. The zero-order valence-corrected chi connectivity index (χ0v) is 15.2. The zero-order chi connectivity index (χ0) is 18.8. The van der Waals surface area contributed by atoms with E-state index in [0.29, 0.717) is 18.7 Å². The molecule has 6 nitrogen and oxygen atoms in total. The fourth-order valence-electron chi connectivity index (χ4n) is 3.25. The molecule has 2 heterocycles. The van der Waals surface area contributed by atoms with E-state index in [-0.39, 0.29) is 11.4 Å². The van der Waals surface area contributed by atoms with Gasteiger partial charge in [-0.1, -0.05) is 18.6 Å². The van der Waals surface area contributed by atoms with Gasteiger partial charge in [0.15, 0.2) is 0 Å². The van der Waals surface area contributed by atoms with Crippen molar-refractivity contribution in [1.82, 2.24) is 14.9 Å². The number of halogens is 2. The molecule has 0 spiro atoms. The van der Waals surface area contributed by atoms with Crippen LogP contribution in [0.1, 0.15) is 31.2 Å².